The molecular formula is C9H19NO. The largest absolute Gasteiger partial charge is 0.363 e. The van der Waals surface area contributed by atoms with Crippen LogP contribution in [0.15, 0.2) is 0 Å². The Balaban J connectivity index is 2.93. The standard InChI is InChI=1S/C9H19NO/c1-7(2)8(3,4)9(7,10-5)11-6/h10H,1-6H3. The summed E-state index contributed by atoms with van der Waals surface area (Å²) in [5, 5.41) is 3.26. The third kappa shape index (κ3) is 0.651. The van der Waals surface area contributed by atoms with Gasteiger partial charge in [-0.1, -0.05) is 27.7 Å². The van der Waals surface area contributed by atoms with Crippen LogP contribution in [0, 0.1) is 10.8 Å². The molecule has 1 aliphatic carbocycles. The lowest BCUT2D eigenvalue weighted by molar-refractivity contribution is 0.00942. The monoisotopic (exact) mass is 157 g/mol. The molecule has 2 nitrogen and oxygen atoms in total. The molecule has 0 amide bonds. The van der Waals surface area contributed by atoms with Gasteiger partial charge in [-0.2, -0.15) is 0 Å². The summed E-state index contributed by atoms with van der Waals surface area (Å²) in [6.07, 6.45) is 0. The molecule has 66 valence electrons. The number of hydrogen-bond acceptors (Lipinski definition) is 2. The van der Waals surface area contributed by atoms with Crippen LogP contribution in [0.2, 0.25) is 0 Å². The predicted octanol–water partition coefficient (Wildman–Crippen LogP) is 1.61. The van der Waals surface area contributed by atoms with E-state index in [9.17, 15) is 0 Å². The second-order valence-electron chi connectivity index (χ2n) is 4.39. The topological polar surface area (TPSA) is 21.3 Å². The number of nitrogens with one attached hydrogen (secondary N) is 1. The lowest BCUT2D eigenvalue weighted by Gasteiger charge is -2.18. The SMILES string of the molecule is CNC1(OC)C(C)(C)C1(C)C. The predicted molar refractivity (Wildman–Crippen MR) is 46.4 cm³/mol. The number of rotatable bonds is 2. The maximum Gasteiger partial charge on any atom is 0.130 e. The smallest absolute Gasteiger partial charge is 0.130 e. The van der Waals surface area contributed by atoms with E-state index in [1.807, 2.05) is 7.05 Å². The minimum absolute atomic E-state index is 0.125. The molecule has 1 saturated carbocycles. The Morgan fingerprint density at radius 1 is 1.00 bits per heavy atom. The van der Waals surface area contributed by atoms with Gasteiger partial charge in [0.2, 0.25) is 0 Å². The third-order valence-corrected chi connectivity index (χ3v) is 3.92. The van der Waals surface area contributed by atoms with Crippen LogP contribution < -0.4 is 5.32 Å². The van der Waals surface area contributed by atoms with Crippen LogP contribution >= 0.6 is 0 Å². The first kappa shape index (κ1) is 9.01. The van der Waals surface area contributed by atoms with Crippen molar-refractivity contribution in [3.8, 4) is 0 Å². The Labute approximate surface area is 69.3 Å². The van der Waals surface area contributed by atoms with Gasteiger partial charge < -0.3 is 4.74 Å². The first-order valence-electron chi connectivity index (χ1n) is 4.11. The summed E-state index contributed by atoms with van der Waals surface area (Å²) < 4.78 is 5.52. The van der Waals surface area contributed by atoms with Gasteiger partial charge in [-0.15, -0.1) is 0 Å². The van der Waals surface area contributed by atoms with Crippen LogP contribution in [-0.2, 0) is 4.74 Å². The number of ether oxygens (including phenoxy) is 1. The van der Waals surface area contributed by atoms with Crippen molar-refractivity contribution in [3.63, 3.8) is 0 Å². The van der Waals surface area contributed by atoms with Crippen LogP contribution in [0.1, 0.15) is 27.7 Å². The van der Waals surface area contributed by atoms with Crippen molar-refractivity contribution in [3.05, 3.63) is 0 Å². The normalized spacial score (nSPS) is 30.0. The molecule has 0 aromatic heterocycles. The lowest BCUT2D eigenvalue weighted by atomic mass is 10.0. The Bertz CT molecular complexity index is 152. The van der Waals surface area contributed by atoms with Gasteiger partial charge in [-0.3, -0.25) is 5.32 Å². The molecule has 0 saturated heterocycles. The van der Waals surface area contributed by atoms with Crippen LogP contribution in [-0.4, -0.2) is 19.9 Å². The first-order valence-corrected chi connectivity index (χ1v) is 4.11. The van der Waals surface area contributed by atoms with Gasteiger partial charge in [-0.25, -0.2) is 0 Å². The van der Waals surface area contributed by atoms with E-state index in [4.69, 9.17) is 4.74 Å². The molecule has 0 aromatic carbocycles. The summed E-state index contributed by atoms with van der Waals surface area (Å²) in [4.78, 5) is 0. The summed E-state index contributed by atoms with van der Waals surface area (Å²) in [5.74, 6) is 0. The van der Waals surface area contributed by atoms with Gasteiger partial charge in [0.1, 0.15) is 5.72 Å². The summed E-state index contributed by atoms with van der Waals surface area (Å²) in [6, 6.07) is 0. The molecule has 1 N–H and O–H groups in total. The molecule has 0 radical (unpaired) electrons. The summed E-state index contributed by atoms with van der Waals surface area (Å²) in [6.45, 7) is 8.92. The fourth-order valence-electron chi connectivity index (χ4n) is 2.50. The molecule has 1 fully saturated rings. The van der Waals surface area contributed by atoms with E-state index >= 15 is 0 Å². The minimum Gasteiger partial charge on any atom is -0.363 e. The molecule has 0 aromatic rings. The van der Waals surface area contributed by atoms with E-state index in [0.29, 0.717) is 0 Å². The first-order chi connectivity index (χ1) is 4.87. The lowest BCUT2D eigenvalue weighted by Crippen LogP contribution is -2.36. The highest BCUT2D eigenvalue weighted by Gasteiger charge is 2.78. The Morgan fingerprint density at radius 2 is 1.36 bits per heavy atom. The Morgan fingerprint density at radius 3 is 1.36 bits per heavy atom. The van der Waals surface area contributed by atoms with Gasteiger partial charge in [0.05, 0.1) is 0 Å². The number of hydrogen-bond donors (Lipinski definition) is 1. The highest BCUT2D eigenvalue weighted by Crippen LogP contribution is 2.71. The van der Waals surface area contributed by atoms with Crippen molar-refractivity contribution in [1.82, 2.24) is 5.32 Å². The van der Waals surface area contributed by atoms with Crippen LogP contribution in [0.25, 0.3) is 0 Å². The van der Waals surface area contributed by atoms with Gasteiger partial charge in [0, 0.05) is 17.9 Å². The fourth-order valence-corrected chi connectivity index (χ4v) is 2.50. The molecule has 0 bridgehead atoms. The highest BCUT2D eigenvalue weighted by atomic mass is 16.5. The van der Waals surface area contributed by atoms with E-state index in [2.05, 4.69) is 33.0 Å². The van der Waals surface area contributed by atoms with E-state index < -0.39 is 0 Å². The Hall–Kier alpha value is -0.0800. The van der Waals surface area contributed by atoms with Crippen LogP contribution in [0.4, 0.5) is 0 Å². The average molecular weight is 157 g/mol. The fraction of sp³-hybridized carbons (Fsp3) is 1.00. The quantitative estimate of drug-likeness (QED) is 0.615. The van der Waals surface area contributed by atoms with Crippen LogP contribution in [0.3, 0.4) is 0 Å². The molecule has 1 aliphatic rings. The molecule has 0 aliphatic heterocycles. The second-order valence-corrected chi connectivity index (χ2v) is 4.39. The zero-order valence-corrected chi connectivity index (χ0v) is 8.41. The zero-order chi connectivity index (χ0) is 8.91. The maximum absolute atomic E-state index is 5.52. The molecule has 0 atom stereocenters. The summed E-state index contributed by atoms with van der Waals surface area (Å²) in [7, 11) is 3.73. The van der Waals surface area contributed by atoms with Crippen molar-refractivity contribution in [2.75, 3.05) is 14.2 Å². The van der Waals surface area contributed by atoms with E-state index in [-0.39, 0.29) is 16.6 Å². The van der Waals surface area contributed by atoms with Gasteiger partial charge >= 0.3 is 0 Å². The van der Waals surface area contributed by atoms with Gasteiger partial charge in [0.15, 0.2) is 0 Å². The van der Waals surface area contributed by atoms with Crippen molar-refractivity contribution in [2.45, 2.75) is 33.4 Å². The molecule has 0 unspecified atom stereocenters. The van der Waals surface area contributed by atoms with Crippen molar-refractivity contribution >= 4 is 0 Å². The van der Waals surface area contributed by atoms with E-state index in [1.165, 1.54) is 0 Å². The van der Waals surface area contributed by atoms with Gasteiger partial charge in [-0.05, 0) is 7.05 Å². The highest BCUT2D eigenvalue weighted by molar-refractivity contribution is 5.24. The van der Waals surface area contributed by atoms with E-state index in [1.54, 1.807) is 7.11 Å². The summed E-state index contributed by atoms with van der Waals surface area (Å²) >= 11 is 0. The van der Waals surface area contributed by atoms with Crippen LogP contribution in [0.5, 0.6) is 0 Å². The minimum atomic E-state index is -0.125. The van der Waals surface area contributed by atoms with Gasteiger partial charge in [0.25, 0.3) is 0 Å². The zero-order valence-electron chi connectivity index (χ0n) is 8.41. The van der Waals surface area contributed by atoms with Crippen molar-refractivity contribution < 1.29 is 4.74 Å². The van der Waals surface area contributed by atoms with E-state index in [0.717, 1.165) is 0 Å². The molecule has 1 rings (SSSR count). The third-order valence-electron chi connectivity index (χ3n) is 3.92. The average Bonchev–Trinajstić information content (AvgIpc) is 2.22. The van der Waals surface area contributed by atoms with Crippen molar-refractivity contribution in [1.29, 1.82) is 0 Å². The van der Waals surface area contributed by atoms with Crippen molar-refractivity contribution in [2.24, 2.45) is 10.8 Å². The number of methoxy groups -OCH3 is 1. The molecule has 0 spiro atoms. The second kappa shape index (κ2) is 1.99. The molecule has 11 heavy (non-hydrogen) atoms. The Kier molecular flexibility index (Phi) is 1.63. The maximum atomic E-state index is 5.52. The molecule has 2 heteroatoms. The molecular weight excluding hydrogens is 138 g/mol. The molecule has 0 heterocycles. The summed E-state index contributed by atoms with van der Waals surface area (Å²) in [5.41, 5.74) is 0.326.